The highest BCUT2D eigenvalue weighted by molar-refractivity contribution is 6.42. The molecule has 0 atom stereocenters. The van der Waals surface area contributed by atoms with Crippen molar-refractivity contribution in [1.29, 1.82) is 0 Å². The summed E-state index contributed by atoms with van der Waals surface area (Å²) in [5.74, 6) is 0.679. The lowest BCUT2D eigenvalue weighted by molar-refractivity contribution is 0.0990. The Morgan fingerprint density at radius 2 is 1.55 bits per heavy atom. The first kappa shape index (κ1) is 18.4. The second-order valence-corrected chi connectivity index (χ2v) is 8.82. The molecule has 0 spiro atoms. The minimum atomic E-state index is -0.228. The molecule has 0 N–H and O–H groups in total. The van der Waals surface area contributed by atoms with E-state index >= 15 is 0 Å². The molecular weight excluding hydrogens is 386 g/mol. The van der Waals surface area contributed by atoms with Crippen LogP contribution in [-0.4, -0.2) is 16.1 Å². The Hall–Kier alpha value is -3.40. The first-order chi connectivity index (χ1) is 15.1. The van der Waals surface area contributed by atoms with E-state index < -0.39 is 0 Å². The third-order valence-corrected chi connectivity index (χ3v) is 6.96. The molecule has 6 rings (SSSR count). The van der Waals surface area contributed by atoms with Gasteiger partial charge in [0.15, 0.2) is 17.1 Å². The predicted octanol–water partition coefficient (Wildman–Crippen LogP) is 6.43. The zero-order valence-electron chi connectivity index (χ0n) is 17.5. The minimum Gasteiger partial charge on any atom is -0.455 e. The molecule has 2 aliphatic carbocycles. The van der Waals surface area contributed by atoms with Gasteiger partial charge >= 0.3 is 0 Å². The van der Waals surface area contributed by atoms with Crippen LogP contribution in [-0.2, 0) is 7.05 Å². The van der Waals surface area contributed by atoms with Gasteiger partial charge < -0.3 is 8.98 Å². The average Bonchev–Trinajstić information content (AvgIpc) is 3.41. The highest BCUT2D eigenvalue weighted by Gasteiger charge is 2.34. The van der Waals surface area contributed by atoms with E-state index in [9.17, 15) is 9.59 Å². The second kappa shape index (κ2) is 6.81. The summed E-state index contributed by atoms with van der Waals surface area (Å²) < 4.78 is 8.26. The van der Waals surface area contributed by atoms with Crippen molar-refractivity contribution in [3.05, 3.63) is 76.7 Å². The van der Waals surface area contributed by atoms with Gasteiger partial charge in [-0.3, -0.25) is 9.59 Å². The van der Waals surface area contributed by atoms with Gasteiger partial charge in [0.2, 0.25) is 0 Å². The Labute approximate surface area is 180 Å². The third-order valence-electron chi connectivity index (χ3n) is 6.96. The number of rotatable bonds is 2. The highest BCUT2D eigenvalue weighted by Crippen LogP contribution is 2.37. The summed E-state index contributed by atoms with van der Waals surface area (Å²) in [6.07, 6.45) is 7.97. The number of aromatic nitrogens is 1. The number of hydrogen-bond donors (Lipinski definition) is 0. The number of aryl methyl sites for hydroxylation is 1. The van der Waals surface area contributed by atoms with E-state index in [2.05, 4.69) is 17.7 Å². The molecule has 0 unspecified atom stereocenters. The van der Waals surface area contributed by atoms with Crippen LogP contribution in [0.5, 0.6) is 0 Å². The normalized spacial score (nSPS) is 17.1. The van der Waals surface area contributed by atoms with Crippen molar-refractivity contribution in [2.45, 2.75) is 38.0 Å². The van der Waals surface area contributed by atoms with Crippen LogP contribution >= 0.6 is 0 Å². The Balaban J connectivity index is 1.38. The molecule has 4 aromatic rings. The van der Waals surface area contributed by atoms with Gasteiger partial charge in [0.1, 0.15) is 5.76 Å². The smallest absolute Gasteiger partial charge is 0.197 e. The lowest BCUT2D eigenvalue weighted by Gasteiger charge is -2.22. The summed E-state index contributed by atoms with van der Waals surface area (Å²) in [7, 11) is 2.08. The van der Waals surface area contributed by atoms with Crippen molar-refractivity contribution in [2.75, 3.05) is 0 Å². The molecule has 2 heterocycles. The maximum atomic E-state index is 13.0. The molecular formula is C27H23NO3. The Morgan fingerprint density at radius 1 is 0.903 bits per heavy atom. The number of hydrogen-bond acceptors (Lipinski definition) is 3. The van der Waals surface area contributed by atoms with Gasteiger partial charge in [-0.25, -0.2) is 0 Å². The number of nitrogens with zero attached hydrogens (tertiary/aromatic N) is 1. The molecule has 0 saturated heterocycles. The summed E-state index contributed by atoms with van der Waals surface area (Å²) in [4.78, 5) is 26.0. The van der Waals surface area contributed by atoms with Crippen molar-refractivity contribution < 1.29 is 14.0 Å². The van der Waals surface area contributed by atoms with E-state index in [0.29, 0.717) is 22.8 Å². The van der Waals surface area contributed by atoms with Gasteiger partial charge in [0.05, 0.1) is 11.1 Å². The molecule has 1 fully saturated rings. The van der Waals surface area contributed by atoms with Crippen LogP contribution < -0.4 is 0 Å². The van der Waals surface area contributed by atoms with Gasteiger partial charge in [0, 0.05) is 36.0 Å². The van der Waals surface area contributed by atoms with Crippen LogP contribution in [0.3, 0.4) is 0 Å². The third kappa shape index (κ3) is 2.82. The van der Waals surface area contributed by atoms with E-state index in [1.54, 1.807) is 6.08 Å². The quantitative estimate of drug-likeness (QED) is 0.283. The van der Waals surface area contributed by atoms with Crippen molar-refractivity contribution in [1.82, 2.24) is 4.57 Å². The lowest BCUT2D eigenvalue weighted by atomic mass is 9.87. The summed E-state index contributed by atoms with van der Waals surface area (Å²) in [6.45, 7) is 0. The molecule has 2 aliphatic rings. The second-order valence-electron chi connectivity index (χ2n) is 8.82. The van der Waals surface area contributed by atoms with Gasteiger partial charge in [-0.2, -0.15) is 0 Å². The summed E-state index contributed by atoms with van der Waals surface area (Å²) in [5.41, 5.74) is 4.28. The SMILES string of the molecule is Cn1c(C2CCCCC2)cc2oc(C=C3C(=O)c4cc5ccccc5cc4C3=O)cc21. The van der Waals surface area contributed by atoms with E-state index in [1.165, 1.54) is 37.8 Å². The molecule has 2 aromatic carbocycles. The summed E-state index contributed by atoms with van der Waals surface area (Å²) in [5, 5.41) is 1.92. The van der Waals surface area contributed by atoms with E-state index in [1.807, 2.05) is 42.5 Å². The molecule has 4 heteroatoms. The summed E-state index contributed by atoms with van der Waals surface area (Å²) in [6, 6.07) is 15.5. The van der Waals surface area contributed by atoms with E-state index in [4.69, 9.17) is 4.42 Å². The first-order valence-corrected chi connectivity index (χ1v) is 11.0. The standard InChI is InChI=1S/C27H23NO3/c1-28-23(16-7-3-2-4-8-16)15-25-24(28)14-19(31-25)13-22-26(29)20-11-17-9-5-6-10-18(17)12-21(20)27(22)30/h5-6,9-16H,2-4,7-8H2,1H3. The van der Waals surface area contributed by atoms with Crippen molar-refractivity contribution in [2.24, 2.45) is 7.05 Å². The first-order valence-electron chi connectivity index (χ1n) is 11.0. The van der Waals surface area contributed by atoms with Crippen LogP contribution in [0, 0.1) is 0 Å². The molecule has 1 saturated carbocycles. The van der Waals surface area contributed by atoms with Crippen LogP contribution in [0.15, 0.2) is 58.5 Å². The number of furan rings is 1. The van der Waals surface area contributed by atoms with Crippen LogP contribution in [0.4, 0.5) is 0 Å². The van der Waals surface area contributed by atoms with Crippen LogP contribution in [0.2, 0.25) is 0 Å². The molecule has 0 bridgehead atoms. The van der Waals surface area contributed by atoms with Gasteiger partial charge in [-0.1, -0.05) is 43.5 Å². The van der Waals surface area contributed by atoms with Gasteiger partial charge in [-0.05, 0) is 47.7 Å². The summed E-state index contributed by atoms with van der Waals surface area (Å²) >= 11 is 0. The average molecular weight is 409 g/mol. The fourth-order valence-electron chi connectivity index (χ4n) is 5.29. The van der Waals surface area contributed by atoms with Crippen molar-refractivity contribution in [3.63, 3.8) is 0 Å². The maximum absolute atomic E-state index is 13.0. The molecule has 0 amide bonds. The Kier molecular flexibility index (Phi) is 4.04. The fourth-order valence-corrected chi connectivity index (χ4v) is 5.29. The number of fused-ring (bicyclic) bond motifs is 3. The largest absolute Gasteiger partial charge is 0.455 e. The fraction of sp³-hybridized carbons (Fsp3) is 0.259. The molecule has 2 aromatic heterocycles. The lowest BCUT2D eigenvalue weighted by Crippen LogP contribution is -2.08. The number of carbonyl (C=O) groups excluding carboxylic acids is 2. The van der Waals surface area contributed by atoms with Crippen molar-refractivity contribution in [3.8, 4) is 0 Å². The number of carbonyl (C=O) groups is 2. The highest BCUT2D eigenvalue weighted by atomic mass is 16.3. The van der Waals surface area contributed by atoms with Gasteiger partial charge in [-0.15, -0.1) is 0 Å². The predicted molar refractivity (Wildman–Crippen MR) is 122 cm³/mol. The zero-order valence-corrected chi connectivity index (χ0v) is 17.5. The van der Waals surface area contributed by atoms with E-state index in [0.717, 1.165) is 21.9 Å². The van der Waals surface area contributed by atoms with Gasteiger partial charge in [0.25, 0.3) is 0 Å². The topological polar surface area (TPSA) is 52.2 Å². The van der Waals surface area contributed by atoms with Crippen LogP contribution in [0.25, 0.3) is 27.9 Å². The van der Waals surface area contributed by atoms with Crippen molar-refractivity contribution >= 4 is 39.5 Å². The molecule has 154 valence electrons. The molecule has 0 aliphatic heterocycles. The molecule has 0 radical (unpaired) electrons. The maximum Gasteiger partial charge on any atom is 0.197 e. The monoisotopic (exact) mass is 409 g/mol. The van der Waals surface area contributed by atoms with Crippen LogP contribution in [0.1, 0.15) is 70.2 Å². The Morgan fingerprint density at radius 3 is 2.16 bits per heavy atom. The molecule has 31 heavy (non-hydrogen) atoms. The molecule has 4 nitrogen and oxygen atoms in total. The Bertz CT molecular complexity index is 1350. The minimum absolute atomic E-state index is 0.178. The number of allylic oxidation sites excluding steroid dienone is 1. The van der Waals surface area contributed by atoms with E-state index in [-0.39, 0.29) is 17.1 Å². The number of Topliss-reactive ketones (excluding diaryl/α,β-unsaturated/α-hetero) is 2. The zero-order chi connectivity index (χ0) is 21.1. The number of benzene rings is 2. The number of ketones is 2.